The zero-order valence-corrected chi connectivity index (χ0v) is 26.8. The molecule has 1 unspecified atom stereocenters. The number of hydrogen-bond acceptors (Lipinski definition) is 6. The maximum Gasteiger partial charge on any atom is 0.340 e. The Hall–Kier alpha value is -5.35. The van der Waals surface area contributed by atoms with Crippen LogP contribution in [0.15, 0.2) is 113 Å². The normalized spacial score (nSPS) is 11.5. The summed E-state index contributed by atoms with van der Waals surface area (Å²) >= 11 is 1.13. The number of benzene rings is 4. The van der Waals surface area contributed by atoms with Crippen molar-refractivity contribution in [2.45, 2.75) is 31.8 Å². The molecule has 0 aliphatic heterocycles. The van der Waals surface area contributed by atoms with E-state index in [0.29, 0.717) is 27.5 Å². The topological polar surface area (TPSA) is 111 Å². The van der Waals surface area contributed by atoms with Gasteiger partial charge in [0.15, 0.2) is 0 Å². The molecule has 2 amide bonds. The van der Waals surface area contributed by atoms with Crippen LogP contribution in [0, 0.1) is 20.8 Å². The molecular weight excluding hydrogens is 600 g/mol. The zero-order chi connectivity index (χ0) is 32.8. The van der Waals surface area contributed by atoms with Crippen molar-refractivity contribution >= 4 is 40.9 Å². The standard InChI is InChI=1S/C36H34N4O5S/c1-23-19-24(2)21-27(20-23)37-34(42)33(26-13-7-5-8-14-26)45-36(44)29-17-11-12-18-30(29)46-22-31(41)38-32-25(3)39(4)40(35(32)43)28-15-9-6-10-16-28/h5-21,33H,22H2,1-4H3,(H,37,42)(H,38,41). The van der Waals surface area contributed by atoms with Gasteiger partial charge in [-0.1, -0.05) is 66.7 Å². The highest BCUT2D eigenvalue weighted by atomic mass is 32.2. The number of carbonyl (C=O) groups is 3. The van der Waals surface area contributed by atoms with E-state index in [0.717, 1.165) is 22.9 Å². The third-order valence-corrected chi connectivity index (χ3v) is 8.41. The molecule has 46 heavy (non-hydrogen) atoms. The van der Waals surface area contributed by atoms with Crippen molar-refractivity contribution in [1.82, 2.24) is 9.36 Å². The summed E-state index contributed by atoms with van der Waals surface area (Å²) in [6, 6.07) is 30.4. The first kappa shape index (κ1) is 32.1. The lowest BCUT2D eigenvalue weighted by Crippen LogP contribution is -2.26. The lowest BCUT2D eigenvalue weighted by atomic mass is 10.1. The highest BCUT2D eigenvalue weighted by Gasteiger charge is 2.27. The molecule has 1 heterocycles. The third kappa shape index (κ3) is 7.30. The van der Waals surface area contributed by atoms with Crippen LogP contribution in [0.4, 0.5) is 11.4 Å². The zero-order valence-electron chi connectivity index (χ0n) is 25.9. The van der Waals surface area contributed by atoms with Gasteiger partial charge in [0, 0.05) is 23.2 Å². The molecule has 234 valence electrons. The van der Waals surface area contributed by atoms with Crippen LogP contribution in [0.3, 0.4) is 0 Å². The van der Waals surface area contributed by atoms with Gasteiger partial charge in [0.1, 0.15) is 5.69 Å². The van der Waals surface area contributed by atoms with Gasteiger partial charge in [-0.2, -0.15) is 0 Å². The molecular formula is C36H34N4O5S. The van der Waals surface area contributed by atoms with Gasteiger partial charge in [-0.15, -0.1) is 11.8 Å². The number of aromatic nitrogens is 2. The fourth-order valence-electron chi connectivity index (χ4n) is 5.12. The van der Waals surface area contributed by atoms with E-state index >= 15 is 0 Å². The molecule has 5 rings (SSSR count). The number of esters is 1. The van der Waals surface area contributed by atoms with Crippen LogP contribution in [0.2, 0.25) is 0 Å². The SMILES string of the molecule is Cc1cc(C)cc(NC(=O)C(OC(=O)c2ccccc2SCC(=O)Nc2c(C)n(C)n(-c3ccccc3)c2=O)c2ccccc2)c1. The quantitative estimate of drug-likeness (QED) is 0.137. The second-order valence-corrected chi connectivity index (χ2v) is 11.8. The monoisotopic (exact) mass is 634 g/mol. The molecule has 0 aliphatic rings. The Morgan fingerprint density at radius 3 is 2.09 bits per heavy atom. The minimum atomic E-state index is -1.22. The van der Waals surface area contributed by atoms with Gasteiger partial charge in [0.05, 0.1) is 22.7 Å². The molecule has 9 nitrogen and oxygen atoms in total. The van der Waals surface area contributed by atoms with E-state index in [4.69, 9.17) is 4.74 Å². The first-order valence-electron chi connectivity index (χ1n) is 14.6. The molecule has 4 aromatic carbocycles. The molecule has 1 atom stereocenters. The second kappa shape index (κ2) is 14.2. The Kier molecular flexibility index (Phi) is 9.88. The van der Waals surface area contributed by atoms with Crippen molar-refractivity contribution in [1.29, 1.82) is 0 Å². The van der Waals surface area contributed by atoms with Crippen LogP contribution in [0.1, 0.15) is 38.8 Å². The number of aryl methyl sites for hydroxylation is 2. The molecule has 0 saturated carbocycles. The molecule has 0 saturated heterocycles. The van der Waals surface area contributed by atoms with E-state index in [1.165, 1.54) is 4.68 Å². The first-order valence-corrected chi connectivity index (χ1v) is 15.6. The molecule has 2 N–H and O–H groups in total. The van der Waals surface area contributed by atoms with E-state index in [1.54, 1.807) is 67.2 Å². The number of para-hydroxylation sites is 1. The highest BCUT2D eigenvalue weighted by Crippen LogP contribution is 2.28. The Balaban J connectivity index is 1.31. The summed E-state index contributed by atoms with van der Waals surface area (Å²) in [5.74, 6) is -1.68. The molecule has 0 spiro atoms. The van der Waals surface area contributed by atoms with Gasteiger partial charge in [-0.25, -0.2) is 9.48 Å². The maximum atomic E-state index is 13.6. The molecule has 0 aliphatic carbocycles. The predicted molar refractivity (Wildman–Crippen MR) is 181 cm³/mol. The van der Waals surface area contributed by atoms with Crippen LogP contribution in [0.25, 0.3) is 5.69 Å². The second-order valence-electron chi connectivity index (χ2n) is 10.8. The van der Waals surface area contributed by atoms with Gasteiger partial charge >= 0.3 is 5.97 Å². The molecule has 5 aromatic rings. The summed E-state index contributed by atoms with van der Waals surface area (Å²) in [4.78, 5) is 53.8. The van der Waals surface area contributed by atoms with Crippen LogP contribution < -0.4 is 16.2 Å². The van der Waals surface area contributed by atoms with Crippen molar-refractivity contribution in [3.05, 3.63) is 141 Å². The number of rotatable bonds is 10. The smallest absolute Gasteiger partial charge is 0.340 e. The van der Waals surface area contributed by atoms with E-state index in [2.05, 4.69) is 10.6 Å². The van der Waals surface area contributed by atoms with Gasteiger partial charge in [-0.05, 0) is 68.3 Å². The Morgan fingerprint density at radius 2 is 1.41 bits per heavy atom. The summed E-state index contributed by atoms with van der Waals surface area (Å²) in [5.41, 5.74) is 4.42. The number of nitrogens with one attached hydrogen (secondary N) is 2. The summed E-state index contributed by atoms with van der Waals surface area (Å²) < 4.78 is 9.01. The predicted octanol–water partition coefficient (Wildman–Crippen LogP) is 6.37. The minimum absolute atomic E-state index is 0.0707. The summed E-state index contributed by atoms with van der Waals surface area (Å²) in [5, 5.41) is 5.62. The summed E-state index contributed by atoms with van der Waals surface area (Å²) in [6.07, 6.45) is -1.22. The van der Waals surface area contributed by atoms with E-state index in [9.17, 15) is 19.2 Å². The van der Waals surface area contributed by atoms with Crippen molar-refractivity contribution < 1.29 is 19.1 Å². The fourth-order valence-corrected chi connectivity index (χ4v) is 5.96. The molecule has 10 heteroatoms. The first-order chi connectivity index (χ1) is 22.1. The highest BCUT2D eigenvalue weighted by molar-refractivity contribution is 8.00. The van der Waals surface area contributed by atoms with E-state index in [1.807, 2.05) is 68.4 Å². The number of thioether (sulfide) groups is 1. The number of hydrogen-bond donors (Lipinski definition) is 2. The molecule has 0 bridgehead atoms. The van der Waals surface area contributed by atoms with Gasteiger partial charge in [0.25, 0.3) is 11.5 Å². The van der Waals surface area contributed by atoms with Crippen molar-refractivity contribution in [2.75, 3.05) is 16.4 Å². The number of nitrogens with zero attached hydrogens (tertiary/aromatic N) is 2. The molecule has 1 aromatic heterocycles. The van der Waals surface area contributed by atoms with Gasteiger partial charge in [0.2, 0.25) is 12.0 Å². The number of carbonyl (C=O) groups excluding carboxylic acids is 3. The number of amides is 2. The number of anilines is 2. The van der Waals surface area contributed by atoms with Gasteiger partial charge < -0.3 is 15.4 Å². The van der Waals surface area contributed by atoms with Crippen molar-refractivity contribution in [3.63, 3.8) is 0 Å². The van der Waals surface area contributed by atoms with E-state index in [-0.39, 0.29) is 22.6 Å². The van der Waals surface area contributed by atoms with Crippen LogP contribution in [-0.2, 0) is 21.4 Å². The maximum absolute atomic E-state index is 13.6. The van der Waals surface area contributed by atoms with Crippen LogP contribution >= 0.6 is 11.8 Å². The molecule has 0 fully saturated rings. The lowest BCUT2D eigenvalue weighted by molar-refractivity contribution is -0.125. The number of ether oxygens (including phenoxy) is 1. The summed E-state index contributed by atoms with van der Waals surface area (Å²) in [7, 11) is 1.75. The average Bonchev–Trinajstić information content (AvgIpc) is 3.25. The third-order valence-electron chi connectivity index (χ3n) is 7.34. The Labute approximate surface area is 271 Å². The van der Waals surface area contributed by atoms with Gasteiger partial charge in [-0.3, -0.25) is 19.1 Å². The Morgan fingerprint density at radius 1 is 0.804 bits per heavy atom. The minimum Gasteiger partial charge on any atom is -0.444 e. The largest absolute Gasteiger partial charge is 0.444 e. The average molecular weight is 635 g/mol. The van der Waals surface area contributed by atoms with Crippen molar-refractivity contribution in [2.24, 2.45) is 7.05 Å². The van der Waals surface area contributed by atoms with Crippen molar-refractivity contribution in [3.8, 4) is 5.69 Å². The van der Waals surface area contributed by atoms with E-state index < -0.39 is 23.9 Å². The Bertz CT molecular complexity index is 1930. The fraction of sp³-hybridized carbons (Fsp3) is 0.167. The van der Waals surface area contributed by atoms with Crippen LogP contribution in [-0.4, -0.2) is 32.9 Å². The lowest BCUT2D eigenvalue weighted by Gasteiger charge is -2.19. The summed E-state index contributed by atoms with van der Waals surface area (Å²) in [6.45, 7) is 5.63. The van der Waals surface area contributed by atoms with Crippen LogP contribution in [0.5, 0.6) is 0 Å². The molecule has 0 radical (unpaired) electrons.